The van der Waals surface area contributed by atoms with Crippen LogP contribution in [0.2, 0.25) is 0 Å². The summed E-state index contributed by atoms with van der Waals surface area (Å²) in [6.07, 6.45) is 1.57. The van der Waals surface area contributed by atoms with Gasteiger partial charge in [0, 0.05) is 26.7 Å². The zero-order chi connectivity index (χ0) is 12.5. The molecule has 2 saturated heterocycles. The Bertz CT molecular complexity index is 390. The molecule has 0 aliphatic carbocycles. The molecule has 2 aliphatic heterocycles. The van der Waals surface area contributed by atoms with Crippen molar-refractivity contribution in [2.24, 2.45) is 0 Å². The molecule has 0 saturated carbocycles. The predicted molar refractivity (Wildman–Crippen MR) is 64.0 cm³/mol. The second-order valence-electron chi connectivity index (χ2n) is 4.66. The van der Waals surface area contributed by atoms with Crippen LogP contribution in [0.3, 0.4) is 0 Å². The number of carbonyl (C=O) groups excluding carboxylic acids is 1. The standard InChI is InChI=1S/C10H19N3O3S/c1-12-5-6-13(8-10(12)14)17(15,16)9-3-2-4-11-7-9/h9,11H,2-8H2,1H3. The van der Waals surface area contributed by atoms with Crippen molar-refractivity contribution in [3.05, 3.63) is 0 Å². The van der Waals surface area contributed by atoms with Crippen molar-refractivity contribution >= 4 is 15.9 Å². The first-order chi connectivity index (χ1) is 8.01. The molecule has 98 valence electrons. The highest BCUT2D eigenvalue weighted by atomic mass is 32.2. The minimum absolute atomic E-state index is 0.00463. The summed E-state index contributed by atoms with van der Waals surface area (Å²) in [5, 5.41) is 2.73. The lowest BCUT2D eigenvalue weighted by atomic mass is 10.2. The zero-order valence-electron chi connectivity index (χ0n) is 10.1. The molecule has 7 heteroatoms. The largest absolute Gasteiger partial charge is 0.343 e. The maximum atomic E-state index is 12.3. The van der Waals surface area contributed by atoms with Crippen LogP contribution in [0.25, 0.3) is 0 Å². The van der Waals surface area contributed by atoms with Gasteiger partial charge >= 0.3 is 0 Å². The van der Waals surface area contributed by atoms with Gasteiger partial charge in [0.05, 0.1) is 11.8 Å². The number of nitrogens with one attached hydrogen (secondary N) is 1. The molecule has 1 unspecified atom stereocenters. The van der Waals surface area contributed by atoms with Crippen LogP contribution < -0.4 is 5.32 Å². The monoisotopic (exact) mass is 261 g/mol. The number of likely N-dealkylation sites (N-methyl/N-ethyl adjacent to an activating group) is 1. The van der Waals surface area contributed by atoms with E-state index in [1.54, 1.807) is 11.9 Å². The van der Waals surface area contributed by atoms with Crippen LogP contribution in [0.1, 0.15) is 12.8 Å². The molecule has 17 heavy (non-hydrogen) atoms. The van der Waals surface area contributed by atoms with E-state index in [9.17, 15) is 13.2 Å². The summed E-state index contributed by atoms with van der Waals surface area (Å²) in [5.41, 5.74) is 0. The molecule has 2 aliphatic rings. The zero-order valence-corrected chi connectivity index (χ0v) is 10.9. The summed E-state index contributed by atoms with van der Waals surface area (Å²) in [6.45, 7) is 2.28. The lowest BCUT2D eigenvalue weighted by molar-refractivity contribution is -0.132. The number of piperidine rings is 1. The number of carbonyl (C=O) groups is 1. The number of sulfonamides is 1. The van der Waals surface area contributed by atoms with Crippen LogP contribution >= 0.6 is 0 Å². The molecule has 1 atom stereocenters. The van der Waals surface area contributed by atoms with Crippen molar-refractivity contribution in [1.82, 2.24) is 14.5 Å². The molecule has 0 bridgehead atoms. The number of amides is 1. The summed E-state index contributed by atoms with van der Waals surface area (Å²) < 4.78 is 26.0. The first-order valence-electron chi connectivity index (χ1n) is 5.95. The SMILES string of the molecule is CN1CCN(S(=O)(=O)C2CCCNC2)CC1=O. The highest BCUT2D eigenvalue weighted by molar-refractivity contribution is 7.89. The molecule has 1 amide bonds. The Morgan fingerprint density at radius 3 is 2.71 bits per heavy atom. The Hall–Kier alpha value is -0.660. The van der Waals surface area contributed by atoms with Gasteiger partial charge in [0.2, 0.25) is 15.9 Å². The Balaban J connectivity index is 2.07. The van der Waals surface area contributed by atoms with Gasteiger partial charge in [0.25, 0.3) is 0 Å². The Morgan fingerprint density at radius 2 is 2.12 bits per heavy atom. The molecule has 0 radical (unpaired) electrons. The van der Waals surface area contributed by atoms with Gasteiger partial charge in [-0.15, -0.1) is 0 Å². The lowest BCUT2D eigenvalue weighted by Crippen LogP contribution is -2.54. The molecule has 1 N–H and O–H groups in total. The van der Waals surface area contributed by atoms with Crippen molar-refractivity contribution in [3.63, 3.8) is 0 Å². The minimum atomic E-state index is -3.32. The lowest BCUT2D eigenvalue weighted by Gasteiger charge is -2.34. The average molecular weight is 261 g/mol. The summed E-state index contributed by atoms with van der Waals surface area (Å²) in [6, 6.07) is 0. The Kier molecular flexibility index (Phi) is 3.70. The van der Waals surface area contributed by atoms with E-state index < -0.39 is 10.0 Å². The fourth-order valence-electron chi connectivity index (χ4n) is 2.24. The van der Waals surface area contributed by atoms with Gasteiger partial charge in [-0.1, -0.05) is 0 Å². The number of piperazine rings is 1. The number of hydrogen-bond acceptors (Lipinski definition) is 4. The van der Waals surface area contributed by atoms with E-state index in [1.165, 1.54) is 4.31 Å². The van der Waals surface area contributed by atoms with E-state index in [4.69, 9.17) is 0 Å². The van der Waals surface area contributed by atoms with Crippen molar-refractivity contribution in [2.45, 2.75) is 18.1 Å². The fourth-order valence-corrected chi connectivity index (χ4v) is 4.08. The third-order valence-electron chi connectivity index (χ3n) is 3.45. The fraction of sp³-hybridized carbons (Fsp3) is 0.900. The topological polar surface area (TPSA) is 69.7 Å². The summed E-state index contributed by atoms with van der Waals surface area (Å²) in [7, 11) is -1.62. The van der Waals surface area contributed by atoms with Gasteiger partial charge in [-0.05, 0) is 19.4 Å². The number of nitrogens with zero attached hydrogens (tertiary/aromatic N) is 2. The van der Waals surface area contributed by atoms with Gasteiger partial charge in [-0.3, -0.25) is 4.79 Å². The molecule has 0 aromatic carbocycles. The minimum Gasteiger partial charge on any atom is -0.343 e. The first kappa shape index (κ1) is 12.8. The molecule has 0 aromatic heterocycles. The van der Waals surface area contributed by atoms with Crippen LogP contribution in [-0.2, 0) is 14.8 Å². The van der Waals surface area contributed by atoms with Crippen molar-refractivity contribution < 1.29 is 13.2 Å². The number of rotatable bonds is 2. The van der Waals surface area contributed by atoms with E-state index >= 15 is 0 Å². The van der Waals surface area contributed by atoms with E-state index in [0.717, 1.165) is 13.0 Å². The molecule has 2 heterocycles. The van der Waals surface area contributed by atoms with E-state index in [0.29, 0.717) is 26.1 Å². The maximum absolute atomic E-state index is 12.3. The van der Waals surface area contributed by atoms with Crippen molar-refractivity contribution in [3.8, 4) is 0 Å². The Morgan fingerprint density at radius 1 is 1.35 bits per heavy atom. The third-order valence-corrected chi connectivity index (χ3v) is 5.73. The van der Waals surface area contributed by atoms with Gasteiger partial charge in [0.1, 0.15) is 0 Å². The van der Waals surface area contributed by atoms with Crippen LogP contribution in [0.4, 0.5) is 0 Å². The normalized spacial score (nSPS) is 28.4. The molecular weight excluding hydrogens is 242 g/mol. The quantitative estimate of drug-likeness (QED) is 0.681. The van der Waals surface area contributed by atoms with E-state index in [1.807, 2.05) is 0 Å². The molecular formula is C10H19N3O3S. The molecule has 2 fully saturated rings. The van der Waals surface area contributed by atoms with Crippen LogP contribution in [0, 0.1) is 0 Å². The summed E-state index contributed by atoms with van der Waals surface area (Å²) >= 11 is 0. The summed E-state index contributed by atoms with van der Waals surface area (Å²) in [5.74, 6) is -0.122. The van der Waals surface area contributed by atoms with Crippen molar-refractivity contribution in [1.29, 1.82) is 0 Å². The van der Waals surface area contributed by atoms with E-state index in [2.05, 4.69) is 5.32 Å². The Labute approximate surface area is 102 Å². The van der Waals surface area contributed by atoms with Gasteiger partial charge in [-0.25, -0.2) is 8.42 Å². The average Bonchev–Trinajstić information content (AvgIpc) is 2.33. The van der Waals surface area contributed by atoms with Gasteiger partial charge < -0.3 is 10.2 Å². The highest BCUT2D eigenvalue weighted by Crippen LogP contribution is 2.18. The summed E-state index contributed by atoms with van der Waals surface area (Å²) in [4.78, 5) is 13.1. The number of hydrogen-bond donors (Lipinski definition) is 1. The van der Waals surface area contributed by atoms with E-state index in [-0.39, 0.29) is 17.7 Å². The third kappa shape index (κ3) is 2.61. The smallest absolute Gasteiger partial charge is 0.237 e. The molecule has 0 aromatic rings. The highest BCUT2D eigenvalue weighted by Gasteiger charge is 2.36. The van der Waals surface area contributed by atoms with Gasteiger partial charge in [0.15, 0.2) is 0 Å². The first-order valence-corrected chi connectivity index (χ1v) is 7.46. The molecule has 0 spiro atoms. The van der Waals surface area contributed by atoms with Crippen molar-refractivity contribution in [2.75, 3.05) is 39.8 Å². The van der Waals surface area contributed by atoms with Crippen LogP contribution in [-0.4, -0.2) is 68.6 Å². The second kappa shape index (κ2) is 4.91. The van der Waals surface area contributed by atoms with Gasteiger partial charge in [-0.2, -0.15) is 4.31 Å². The molecule has 2 rings (SSSR count). The van der Waals surface area contributed by atoms with Crippen LogP contribution in [0.5, 0.6) is 0 Å². The predicted octanol–water partition coefficient (Wildman–Crippen LogP) is -1.16. The van der Waals surface area contributed by atoms with Crippen LogP contribution in [0.15, 0.2) is 0 Å². The second-order valence-corrected chi connectivity index (χ2v) is 6.88. The maximum Gasteiger partial charge on any atom is 0.237 e. The molecule has 6 nitrogen and oxygen atoms in total.